The summed E-state index contributed by atoms with van der Waals surface area (Å²) in [5, 5.41) is 6.06. The SMILES string of the molecule is CN(Cc1cc2ccccc2n1C)C(=O)/C=C/c1ccc(N)nc1.CN(Cc1cc2ccccc2n1C)C(=O)/C=C/c1ccc(N2C(=O)CCC2=O)nc1.CN(Cc1cc2ccccc2n1C)C(=O)/C=C/c1ccc(NC(=O)CCC(N)=O)nc1. The van der Waals surface area contributed by atoms with Gasteiger partial charge in [-0.2, -0.15) is 0 Å². The minimum absolute atomic E-state index is 0.0101. The van der Waals surface area contributed by atoms with Crippen LogP contribution in [0, 0.1) is 0 Å². The van der Waals surface area contributed by atoms with Gasteiger partial charge in [-0.05, 0) is 124 Å². The van der Waals surface area contributed by atoms with Crippen molar-refractivity contribution in [1.82, 2.24) is 43.4 Å². The maximum atomic E-state index is 12.5. The molecule has 0 spiro atoms. The van der Waals surface area contributed by atoms with Crippen LogP contribution in [0.4, 0.5) is 17.5 Å². The van der Waals surface area contributed by atoms with E-state index in [9.17, 15) is 33.6 Å². The van der Waals surface area contributed by atoms with Crippen LogP contribution in [0.15, 0.2) is 164 Å². The highest BCUT2D eigenvalue weighted by molar-refractivity contribution is 6.19. The van der Waals surface area contributed by atoms with Gasteiger partial charge in [-0.1, -0.05) is 54.6 Å². The minimum atomic E-state index is -0.529. The fraction of sp³-hybridized carbons (Fsp3) is 0.200. The molecule has 0 bridgehead atoms. The molecule has 1 aliphatic heterocycles. The first-order valence-electron chi connectivity index (χ1n) is 27.3. The second-order valence-corrected chi connectivity index (χ2v) is 20.4. The molecule has 7 heterocycles. The number of aryl methyl sites for hydroxylation is 3. The average Bonchev–Trinajstić information content (AvgIpc) is 3.28. The Morgan fingerprint density at radius 1 is 0.518 bits per heavy atom. The number of carbonyl (C=O) groups excluding carboxylic acids is 7. The van der Waals surface area contributed by atoms with E-state index in [4.69, 9.17) is 11.5 Å². The van der Waals surface area contributed by atoms with E-state index in [2.05, 4.69) is 88.6 Å². The van der Waals surface area contributed by atoms with Gasteiger partial charge in [-0.25, -0.2) is 19.9 Å². The van der Waals surface area contributed by atoms with Gasteiger partial charge < -0.3 is 45.2 Å². The van der Waals surface area contributed by atoms with Crippen LogP contribution in [0.3, 0.4) is 0 Å². The van der Waals surface area contributed by atoms with Crippen molar-refractivity contribution < 1.29 is 33.6 Å². The standard InChI is InChI=1S/C23H25N5O3.C23H22N4O3.C19H20N4O/c1-27(15-18-13-17-5-3-4-6-19(17)28(18)2)23(31)12-8-16-7-10-21(25-14-16)26-22(30)11-9-20(24)29;1-25(15-18-13-17-5-3-4-6-19(17)26(18)2)21(28)10-8-16-7-9-20(24-14-16)27-22(29)11-12-23(27)30;1-22(19(24)10-8-14-7-9-18(20)21-12-14)13-16-11-15-5-3-4-6-17(15)23(16)2/h3-8,10,12-14H,9,11,15H2,1-2H3,(H2,24,29)(H,25,26,30);3-10,13-14H,11-12,15H2,1-2H3;3-12H,13H2,1-2H3,(H2,20,21)/b12-8+;2*10-8+. The van der Waals surface area contributed by atoms with E-state index in [0.29, 0.717) is 42.7 Å². The summed E-state index contributed by atoms with van der Waals surface area (Å²) in [5.74, 6) is -0.503. The molecule has 3 aromatic carbocycles. The highest BCUT2D eigenvalue weighted by Crippen LogP contribution is 2.24. The van der Waals surface area contributed by atoms with Gasteiger partial charge in [0.1, 0.15) is 17.5 Å². The Labute approximate surface area is 492 Å². The minimum Gasteiger partial charge on any atom is -0.384 e. The first-order valence-corrected chi connectivity index (χ1v) is 27.3. The number of nitrogen functional groups attached to an aromatic ring is 1. The van der Waals surface area contributed by atoms with Gasteiger partial charge in [-0.3, -0.25) is 33.6 Å². The zero-order chi connectivity index (χ0) is 60.7. The monoisotopic (exact) mass is 1140 g/mol. The fourth-order valence-corrected chi connectivity index (χ4v) is 9.34. The molecular formula is C65H67N13O7. The number of rotatable bonds is 17. The first-order chi connectivity index (χ1) is 40.8. The number of hydrogen-bond donors (Lipinski definition) is 3. The number of hydrogen-bond acceptors (Lipinski definition) is 11. The van der Waals surface area contributed by atoms with Crippen molar-refractivity contribution in [2.24, 2.45) is 26.9 Å². The highest BCUT2D eigenvalue weighted by atomic mass is 16.2. The molecule has 20 nitrogen and oxygen atoms in total. The summed E-state index contributed by atoms with van der Waals surface area (Å²) in [6.45, 7) is 1.53. The van der Waals surface area contributed by atoms with Gasteiger partial charge >= 0.3 is 0 Å². The first kappa shape index (κ1) is 60.3. The molecule has 434 valence electrons. The molecule has 85 heavy (non-hydrogen) atoms. The number of nitrogens with zero attached hydrogens (tertiary/aromatic N) is 10. The second-order valence-electron chi connectivity index (χ2n) is 20.4. The molecule has 0 aliphatic carbocycles. The van der Waals surface area contributed by atoms with E-state index in [1.54, 1.807) is 109 Å². The second kappa shape index (κ2) is 27.8. The van der Waals surface area contributed by atoms with E-state index < -0.39 is 5.91 Å². The number of benzene rings is 3. The Morgan fingerprint density at radius 2 is 0.906 bits per heavy atom. The largest absolute Gasteiger partial charge is 0.384 e. The van der Waals surface area contributed by atoms with Crippen LogP contribution in [0.5, 0.6) is 0 Å². The number of anilines is 3. The number of carbonyl (C=O) groups is 7. The van der Waals surface area contributed by atoms with E-state index in [0.717, 1.165) is 60.4 Å². The van der Waals surface area contributed by atoms with E-state index in [1.807, 2.05) is 63.6 Å². The van der Waals surface area contributed by atoms with Crippen LogP contribution in [-0.4, -0.2) is 106 Å². The van der Waals surface area contributed by atoms with Crippen molar-refractivity contribution in [1.29, 1.82) is 0 Å². The molecule has 0 saturated carbocycles. The van der Waals surface area contributed by atoms with Crippen LogP contribution >= 0.6 is 0 Å². The van der Waals surface area contributed by atoms with Crippen LogP contribution in [-0.2, 0) is 74.3 Å². The number of imide groups is 1. The molecule has 20 heteroatoms. The number of primary amides is 1. The zero-order valence-corrected chi connectivity index (χ0v) is 48.3. The van der Waals surface area contributed by atoms with Gasteiger partial charge in [-0.15, -0.1) is 0 Å². The number of fused-ring (bicyclic) bond motifs is 3. The van der Waals surface area contributed by atoms with Crippen LogP contribution in [0.25, 0.3) is 50.9 Å². The molecule has 0 radical (unpaired) electrons. The Bertz CT molecular complexity index is 3990. The summed E-state index contributed by atoms with van der Waals surface area (Å²) in [6, 6.07) is 41.0. The topological polar surface area (TPSA) is 250 Å². The lowest BCUT2D eigenvalue weighted by Crippen LogP contribution is -2.29. The summed E-state index contributed by atoms with van der Waals surface area (Å²) in [7, 11) is 11.3. The van der Waals surface area contributed by atoms with E-state index in [-0.39, 0.29) is 61.1 Å². The Balaban J connectivity index is 0.000000167. The molecule has 6 aromatic heterocycles. The number of nitrogens with two attached hydrogens (primary N) is 2. The molecule has 1 aliphatic rings. The number of nitrogens with one attached hydrogen (secondary N) is 1. The lowest BCUT2D eigenvalue weighted by atomic mass is 10.2. The van der Waals surface area contributed by atoms with Gasteiger partial charge in [0.2, 0.25) is 41.4 Å². The third-order valence-corrected chi connectivity index (χ3v) is 14.2. The number of pyridine rings is 3. The van der Waals surface area contributed by atoms with Crippen molar-refractivity contribution in [3.63, 3.8) is 0 Å². The van der Waals surface area contributed by atoms with Crippen LogP contribution < -0.4 is 21.7 Å². The lowest BCUT2D eigenvalue weighted by molar-refractivity contribution is -0.126. The van der Waals surface area contributed by atoms with E-state index >= 15 is 0 Å². The third-order valence-electron chi connectivity index (χ3n) is 14.2. The van der Waals surface area contributed by atoms with Crippen molar-refractivity contribution in [2.45, 2.75) is 45.3 Å². The maximum Gasteiger partial charge on any atom is 0.246 e. The van der Waals surface area contributed by atoms with Gasteiger partial charge in [0.25, 0.3) is 0 Å². The molecular weight excluding hydrogens is 1070 g/mol. The van der Waals surface area contributed by atoms with Gasteiger partial charge in [0, 0.05) is 138 Å². The highest BCUT2D eigenvalue weighted by Gasteiger charge is 2.31. The summed E-state index contributed by atoms with van der Waals surface area (Å²) < 4.78 is 6.29. The number of amides is 7. The Kier molecular flexibility index (Phi) is 19.7. The predicted molar refractivity (Wildman–Crippen MR) is 331 cm³/mol. The zero-order valence-electron chi connectivity index (χ0n) is 48.3. The predicted octanol–water partition coefficient (Wildman–Crippen LogP) is 8.17. The number of aromatic nitrogens is 6. The van der Waals surface area contributed by atoms with Gasteiger partial charge in [0.15, 0.2) is 0 Å². The Morgan fingerprint density at radius 3 is 1.26 bits per heavy atom. The molecule has 9 aromatic rings. The quantitative estimate of drug-likeness (QED) is 0.0579. The Hall–Kier alpha value is -10.8. The summed E-state index contributed by atoms with van der Waals surface area (Å²) in [4.78, 5) is 102. The molecule has 7 amide bonds. The molecule has 0 atom stereocenters. The maximum absolute atomic E-state index is 12.5. The van der Waals surface area contributed by atoms with Crippen molar-refractivity contribution >= 4 is 110 Å². The van der Waals surface area contributed by atoms with Crippen molar-refractivity contribution in [3.8, 4) is 0 Å². The van der Waals surface area contributed by atoms with Crippen LogP contribution in [0.2, 0.25) is 0 Å². The molecule has 1 fully saturated rings. The van der Waals surface area contributed by atoms with Crippen molar-refractivity contribution in [3.05, 3.63) is 198 Å². The molecule has 10 rings (SSSR count). The molecule has 5 N–H and O–H groups in total. The van der Waals surface area contributed by atoms with Crippen molar-refractivity contribution in [2.75, 3.05) is 37.1 Å². The smallest absolute Gasteiger partial charge is 0.246 e. The third kappa shape index (κ3) is 15.8. The fourth-order valence-electron chi connectivity index (χ4n) is 9.34. The van der Waals surface area contributed by atoms with Gasteiger partial charge in [0.05, 0.1) is 19.6 Å². The summed E-state index contributed by atoms with van der Waals surface area (Å²) in [6.07, 6.45) is 14.8. The van der Waals surface area contributed by atoms with E-state index in [1.165, 1.54) is 17.5 Å². The number of likely N-dealkylation sites (N-methyl/N-ethyl adjacent to an activating group) is 3. The molecule has 1 saturated heterocycles. The number of para-hydroxylation sites is 3. The lowest BCUT2D eigenvalue weighted by Gasteiger charge is -2.16. The summed E-state index contributed by atoms with van der Waals surface area (Å²) >= 11 is 0. The normalized spacial score (nSPS) is 12.2. The van der Waals surface area contributed by atoms with Crippen LogP contribution in [0.1, 0.15) is 59.5 Å². The summed E-state index contributed by atoms with van der Waals surface area (Å²) in [5.41, 5.74) is 19.5. The molecule has 0 unspecified atom stereocenters. The average molecular weight is 1140 g/mol.